The number of anilines is 1. The number of allylic oxidation sites excluding steroid dienone is 2. The van der Waals surface area contributed by atoms with Crippen molar-refractivity contribution in [2.45, 2.75) is 77.2 Å². The zero-order valence-electron chi connectivity index (χ0n) is 18.9. The fourth-order valence-electron chi connectivity index (χ4n) is 5.16. The number of rotatable bonds is 5. The molecule has 2 aliphatic carbocycles. The summed E-state index contributed by atoms with van der Waals surface area (Å²) >= 11 is 3.48. The summed E-state index contributed by atoms with van der Waals surface area (Å²) in [6.45, 7) is 2.29. The number of hydrogen-bond donors (Lipinski definition) is 0. The molecule has 1 aromatic heterocycles. The monoisotopic (exact) mass is 461 g/mol. The molecule has 4 rings (SSSR count). The van der Waals surface area contributed by atoms with Crippen LogP contribution in [0.3, 0.4) is 0 Å². The predicted molar refractivity (Wildman–Crippen MR) is 131 cm³/mol. The van der Waals surface area contributed by atoms with Crippen LogP contribution in [0.4, 0.5) is 5.69 Å². The Kier molecular flexibility index (Phi) is 7.81. The molecular formula is C25H35NO3S2. The minimum absolute atomic E-state index is 0.0773. The quantitative estimate of drug-likeness (QED) is 0.467. The first-order valence-corrected chi connectivity index (χ1v) is 13.9. The van der Waals surface area contributed by atoms with Crippen molar-refractivity contribution in [2.75, 3.05) is 23.5 Å². The Bertz CT molecular complexity index is 817. The third-order valence-electron chi connectivity index (χ3n) is 7.11. The van der Waals surface area contributed by atoms with E-state index < -0.39 is 0 Å². The van der Waals surface area contributed by atoms with Crippen molar-refractivity contribution in [1.29, 1.82) is 0 Å². The summed E-state index contributed by atoms with van der Waals surface area (Å²) in [4.78, 5) is 30.5. The summed E-state index contributed by atoms with van der Waals surface area (Å²) in [6.07, 6.45) is 13.0. The van der Waals surface area contributed by atoms with Crippen LogP contribution >= 0.6 is 23.1 Å². The smallest absolute Gasteiger partial charge is 0.350 e. The van der Waals surface area contributed by atoms with Gasteiger partial charge in [-0.3, -0.25) is 4.79 Å². The van der Waals surface area contributed by atoms with Gasteiger partial charge in [0.1, 0.15) is 4.88 Å². The van der Waals surface area contributed by atoms with E-state index in [1.165, 1.54) is 36.9 Å². The first-order valence-electron chi connectivity index (χ1n) is 11.9. The molecule has 0 radical (unpaired) electrons. The molecule has 3 aliphatic rings. The highest BCUT2D eigenvalue weighted by Gasteiger charge is 2.36. The SMILES string of the molecule is COC(=O)c1sc(C2=CCCCC2)cc1N(C(=O)C1CCC(C)CC1)C1CCSCC1. The van der Waals surface area contributed by atoms with Gasteiger partial charge in [0.25, 0.3) is 0 Å². The van der Waals surface area contributed by atoms with Crippen molar-refractivity contribution in [2.24, 2.45) is 11.8 Å². The van der Waals surface area contributed by atoms with Gasteiger partial charge < -0.3 is 9.64 Å². The molecule has 31 heavy (non-hydrogen) atoms. The second kappa shape index (κ2) is 10.6. The summed E-state index contributed by atoms with van der Waals surface area (Å²) in [5.74, 6) is 2.85. The number of thioether (sulfide) groups is 1. The number of carbonyl (C=O) groups excluding carboxylic acids is 2. The Hall–Kier alpha value is -1.27. The molecule has 0 spiro atoms. The van der Waals surface area contributed by atoms with E-state index in [-0.39, 0.29) is 23.8 Å². The van der Waals surface area contributed by atoms with Crippen molar-refractivity contribution < 1.29 is 14.3 Å². The molecule has 0 bridgehead atoms. The van der Waals surface area contributed by atoms with E-state index in [0.717, 1.165) is 73.4 Å². The molecule has 1 saturated carbocycles. The maximum absolute atomic E-state index is 13.9. The molecule has 4 nitrogen and oxygen atoms in total. The van der Waals surface area contributed by atoms with Gasteiger partial charge in [0.15, 0.2) is 0 Å². The number of methoxy groups -OCH3 is 1. The lowest BCUT2D eigenvalue weighted by Crippen LogP contribution is -2.46. The van der Waals surface area contributed by atoms with E-state index in [0.29, 0.717) is 10.8 Å². The van der Waals surface area contributed by atoms with Crippen LogP contribution < -0.4 is 4.90 Å². The largest absolute Gasteiger partial charge is 0.465 e. The molecule has 0 N–H and O–H groups in total. The third-order valence-corrected chi connectivity index (χ3v) is 9.34. The molecule has 1 aliphatic heterocycles. The Morgan fingerprint density at radius 1 is 1.06 bits per heavy atom. The van der Waals surface area contributed by atoms with Gasteiger partial charge in [0, 0.05) is 16.8 Å². The Balaban J connectivity index is 1.72. The van der Waals surface area contributed by atoms with Gasteiger partial charge in [-0.05, 0) is 93.3 Å². The summed E-state index contributed by atoms with van der Waals surface area (Å²) in [5.41, 5.74) is 2.13. The van der Waals surface area contributed by atoms with Crippen LogP contribution in [0.1, 0.15) is 85.7 Å². The highest BCUT2D eigenvalue weighted by molar-refractivity contribution is 7.99. The molecule has 1 amide bonds. The Labute approximate surface area is 194 Å². The zero-order valence-corrected chi connectivity index (χ0v) is 20.5. The van der Waals surface area contributed by atoms with Gasteiger partial charge in [-0.25, -0.2) is 4.79 Å². The molecular weight excluding hydrogens is 426 g/mol. The summed E-state index contributed by atoms with van der Waals surface area (Å²) in [5, 5.41) is 0. The van der Waals surface area contributed by atoms with Gasteiger partial charge in [-0.2, -0.15) is 11.8 Å². The highest BCUT2D eigenvalue weighted by atomic mass is 32.2. The van der Waals surface area contributed by atoms with Crippen molar-refractivity contribution >= 4 is 46.2 Å². The minimum atomic E-state index is -0.317. The Morgan fingerprint density at radius 3 is 2.45 bits per heavy atom. The molecule has 0 aromatic carbocycles. The lowest BCUT2D eigenvalue weighted by atomic mass is 9.82. The fraction of sp³-hybridized carbons (Fsp3) is 0.680. The van der Waals surface area contributed by atoms with Crippen molar-refractivity contribution in [1.82, 2.24) is 0 Å². The molecule has 2 heterocycles. The predicted octanol–water partition coefficient (Wildman–Crippen LogP) is 6.55. The fourth-order valence-corrected chi connectivity index (χ4v) is 7.38. The van der Waals surface area contributed by atoms with Crippen LogP contribution in [0.15, 0.2) is 12.1 Å². The van der Waals surface area contributed by atoms with Crippen LogP contribution in [-0.2, 0) is 9.53 Å². The number of thiophene rings is 1. The summed E-state index contributed by atoms with van der Waals surface area (Å²) in [6, 6.07) is 2.30. The number of amides is 1. The van der Waals surface area contributed by atoms with Crippen molar-refractivity contribution in [3.8, 4) is 0 Å². The van der Waals surface area contributed by atoms with E-state index in [1.807, 2.05) is 16.7 Å². The van der Waals surface area contributed by atoms with Gasteiger partial charge in [-0.15, -0.1) is 11.3 Å². The van der Waals surface area contributed by atoms with Crippen LogP contribution in [0.2, 0.25) is 0 Å². The second-order valence-corrected chi connectivity index (χ2v) is 11.6. The van der Waals surface area contributed by atoms with Gasteiger partial charge in [0.05, 0.1) is 12.8 Å². The van der Waals surface area contributed by atoms with Crippen molar-refractivity contribution in [3.63, 3.8) is 0 Å². The lowest BCUT2D eigenvalue weighted by molar-refractivity contribution is -0.124. The molecule has 0 unspecified atom stereocenters. The van der Waals surface area contributed by atoms with E-state index in [9.17, 15) is 9.59 Å². The maximum Gasteiger partial charge on any atom is 0.350 e. The summed E-state index contributed by atoms with van der Waals surface area (Å²) < 4.78 is 5.16. The lowest BCUT2D eigenvalue weighted by Gasteiger charge is -2.37. The average Bonchev–Trinajstić information content (AvgIpc) is 3.25. The molecule has 1 saturated heterocycles. The van der Waals surface area contributed by atoms with Gasteiger partial charge in [0.2, 0.25) is 5.91 Å². The van der Waals surface area contributed by atoms with Crippen LogP contribution in [0.25, 0.3) is 5.57 Å². The normalized spacial score (nSPS) is 25.0. The van der Waals surface area contributed by atoms with Crippen molar-refractivity contribution in [3.05, 3.63) is 21.9 Å². The topological polar surface area (TPSA) is 46.6 Å². The zero-order chi connectivity index (χ0) is 21.8. The van der Waals surface area contributed by atoms with E-state index >= 15 is 0 Å². The standard InChI is InChI=1S/C25H35NO3S2/c1-17-8-10-19(11-9-17)24(27)26(20-12-14-30-15-13-20)21-16-22(18-6-4-3-5-7-18)31-23(21)25(28)29-2/h6,16-17,19-20H,3-5,7-15H2,1-2H3. The maximum atomic E-state index is 13.9. The number of ether oxygens (including phenoxy) is 1. The highest BCUT2D eigenvalue weighted by Crippen LogP contribution is 2.42. The van der Waals surface area contributed by atoms with Crippen LogP contribution in [0.5, 0.6) is 0 Å². The Morgan fingerprint density at radius 2 is 1.81 bits per heavy atom. The van der Waals surface area contributed by atoms with Crippen LogP contribution in [0, 0.1) is 11.8 Å². The van der Waals surface area contributed by atoms with Gasteiger partial charge in [-0.1, -0.05) is 13.0 Å². The van der Waals surface area contributed by atoms with Gasteiger partial charge >= 0.3 is 5.97 Å². The van der Waals surface area contributed by atoms with E-state index in [4.69, 9.17) is 4.74 Å². The van der Waals surface area contributed by atoms with Crippen LogP contribution in [-0.4, -0.2) is 36.5 Å². The first kappa shape index (κ1) is 22.9. The third kappa shape index (κ3) is 5.22. The molecule has 6 heteroatoms. The number of esters is 1. The molecule has 1 aromatic rings. The number of nitrogens with zero attached hydrogens (tertiary/aromatic N) is 1. The summed E-state index contributed by atoms with van der Waals surface area (Å²) in [7, 11) is 1.44. The molecule has 2 fully saturated rings. The number of carbonyl (C=O) groups is 2. The minimum Gasteiger partial charge on any atom is -0.465 e. The van der Waals surface area contributed by atoms with E-state index in [2.05, 4.69) is 19.1 Å². The average molecular weight is 462 g/mol. The number of hydrogen-bond acceptors (Lipinski definition) is 5. The first-order chi connectivity index (χ1) is 15.1. The second-order valence-electron chi connectivity index (χ2n) is 9.30. The van der Waals surface area contributed by atoms with E-state index in [1.54, 1.807) is 0 Å². The molecule has 0 atom stereocenters. The molecule has 170 valence electrons.